The molecule has 0 saturated heterocycles. The van der Waals surface area contributed by atoms with E-state index in [4.69, 9.17) is 4.74 Å². The molecular weight excluding hydrogens is 1120 g/mol. The molecule has 0 amide bonds. The summed E-state index contributed by atoms with van der Waals surface area (Å²) in [6.07, 6.45) is 0. The fourth-order valence-corrected chi connectivity index (χ4v) is 16.7. The summed E-state index contributed by atoms with van der Waals surface area (Å²) in [5, 5.41) is 5.02. The molecule has 0 radical (unpaired) electrons. The molecule has 0 atom stereocenters. The van der Waals surface area contributed by atoms with Gasteiger partial charge in [-0.15, -0.1) is 0 Å². The Bertz CT molecular complexity index is 5420. The Hall–Kier alpha value is -9.90. The Morgan fingerprint density at radius 1 is 0.323 bits per heavy atom. The summed E-state index contributed by atoms with van der Waals surface area (Å²) in [5.41, 5.74) is 32.6. The first-order valence-corrected chi connectivity index (χ1v) is 33.5. The summed E-state index contributed by atoms with van der Waals surface area (Å²) in [4.78, 5) is 0. The number of aromatic nitrogens is 2. The van der Waals surface area contributed by atoms with Gasteiger partial charge in [0.05, 0.1) is 27.5 Å². The van der Waals surface area contributed by atoms with Crippen LogP contribution >= 0.6 is 0 Å². The van der Waals surface area contributed by atoms with Gasteiger partial charge in [0, 0.05) is 32.9 Å². The van der Waals surface area contributed by atoms with Gasteiger partial charge in [-0.25, -0.2) is 0 Å². The van der Waals surface area contributed by atoms with Gasteiger partial charge in [-0.2, -0.15) is 0 Å². The van der Waals surface area contributed by atoms with Crippen molar-refractivity contribution < 1.29 is 4.74 Å². The monoisotopic (exact) mass is 1200 g/mol. The molecule has 4 heterocycles. The molecule has 0 bridgehead atoms. The smallest absolute Gasteiger partial charge is 0.256 e. The molecule has 2 aromatic heterocycles. The van der Waals surface area contributed by atoms with Gasteiger partial charge in [-0.1, -0.05) is 265 Å². The van der Waals surface area contributed by atoms with Gasteiger partial charge in [0.25, 0.3) is 6.71 Å². The standard InChI is InChI=1S/C89H75BN2O/c1-85(2,3)58-39-56(40-59(45-58)86(4,5)6)57-43-78-82-80(44-57)93-79-51-73-68(63-29-19-22-32-70(63)89(73)71-41-54(52-25-15-13-16-26-52)35-37-64(71)65-38-36-55(42-72(65)89)53-27-17-14-18-28-53)49-74(79)90(82)75-50-69-66-30-20-23-33-76(66)91(62-47-60(87(7,8)9)46-61(48-62)88(10,11)12)83(69)81-67-31-21-24-34-77(67)92(78)84(75)81/h13-51H,1-12H3. The number of ether oxygens (including phenoxy) is 1. The van der Waals surface area contributed by atoms with Crippen molar-refractivity contribution in [1.29, 1.82) is 0 Å². The van der Waals surface area contributed by atoms with Gasteiger partial charge >= 0.3 is 0 Å². The molecule has 4 heteroatoms. The summed E-state index contributed by atoms with van der Waals surface area (Å²) >= 11 is 0. The minimum atomic E-state index is -0.668. The van der Waals surface area contributed by atoms with Gasteiger partial charge in [0.15, 0.2) is 0 Å². The van der Waals surface area contributed by atoms with E-state index in [0.29, 0.717) is 0 Å². The zero-order valence-electron chi connectivity index (χ0n) is 55.4. The Labute approximate surface area is 547 Å². The first-order valence-electron chi connectivity index (χ1n) is 33.5. The fourth-order valence-electron chi connectivity index (χ4n) is 16.7. The highest BCUT2D eigenvalue weighted by atomic mass is 16.5. The van der Waals surface area contributed by atoms with Crippen LogP contribution in [0.4, 0.5) is 0 Å². The van der Waals surface area contributed by atoms with E-state index in [1.807, 2.05) is 0 Å². The van der Waals surface area contributed by atoms with Crippen molar-refractivity contribution >= 4 is 66.7 Å². The molecule has 4 aliphatic rings. The first-order chi connectivity index (χ1) is 44.6. The van der Waals surface area contributed by atoms with Crippen molar-refractivity contribution in [2.75, 3.05) is 0 Å². The minimum Gasteiger partial charge on any atom is -0.458 e. The van der Waals surface area contributed by atoms with E-state index in [2.05, 4.69) is 329 Å². The van der Waals surface area contributed by atoms with Crippen molar-refractivity contribution in [2.24, 2.45) is 0 Å². The van der Waals surface area contributed by atoms with Gasteiger partial charge in [-0.05, 0) is 193 Å². The van der Waals surface area contributed by atoms with Crippen LogP contribution in [0.3, 0.4) is 0 Å². The lowest BCUT2D eigenvalue weighted by molar-refractivity contribution is 0.486. The summed E-state index contributed by atoms with van der Waals surface area (Å²) in [5.74, 6) is 1.81. The van der Waals surface area contributed by atoms with Gasteiger partial charge in [-0.3, -0.25) is 0 Å². The van der Waals surface area contributed by atoms with Crippen molar-refractivity contribution in [1.82, 2.24) is 9.13 Å². The second-order valence-corrected chi connectivity index (χ2v) is 31.3. The van der Waals surface area contributed by atoms with Gasteiger partial charge < -0.3 is 13.9 Å². The van der Waals surface area contributed by atoms with Crippen LogP contribution in [0.2, 0.25) is 0 Å². The molecule has 0 unspecified atom stereocenters. The summed E-state index contributed by atoms with van der Waals surface area (Å²) in [6.45, 7) is 28.0. The fraction of sp³-hybridized carbons (Fsp3) is 0.191. The van der Waals surface area contributed by atoms with Crippen LogP contribution in [-0.2, 0) is 27.1 Å². The molecule has 2 aliphatic carbocycles. The van der Waals surface area contributed by atoms with Gasteiger partial charge in [0.2, 0.25) is 0 Å². The minimum absolute atomic E-state index is 0.0786. The van der Waals surface area contributed by atoms with Crippen LogP contribution in [0.1, 0.15) is 128 Å². The van der Waals surface area contributed by atoms with Crippen LogP contribution in [0.15, 0.2) is 237 Å². The first kappa shape index (κ1) is 55.9. The maximum atomic E-state index is 7.95. The average Bonchev–Trinajstić information content (AvgIpc) is 1.53. The summed E-state index contributed by atoms with van der Waals surface area (Å²) in [7, 11) is 0. The lowest BCUT2D eigenvalue weighted by Crippen LogP contribution is -2.58. The second-order valence-electron chi connectivity index (χ2n) is 31.3. The van der Waals surface area contributed by atoms with Gasteiger partial charge in [0.1, 0.15) is 11.5 Å². The molecular formula is C89H75BN2O. The molecule has 450 valence electrons. The number of hydrogen-bond donors (Lipinski definition) is 0. The number of rotatable bonds is 4. The predicted octanol–water partition coefficient (Wildman–Crippen LogP) is 21.4. The second kappa shape index (κ2) is 19.1. The third-order valence-electron chi connectivity index (χ3n) is 21.5. The number of fused-ring (bicyclic) bond motifs is 21. The SMILES string of the molecule is CC(C)(C)c1cc(-c2cc3c4c(c2)-n2c5ccccc5c5c2c(cc2c6ccccc6n(-c6cc(C(C)(C)C)cc(C(C)(C)C)c6)c25)B4c2cc4c(cc2O3)C2(c3ccccc3-4)c3cc(-c4ccccc4)ccc3-c3ccc(-c4ccccc4)cc32)cc(C(C)(C)C)c1. The quantitative estimate of drug-likeness (QED) is 0.161. The molecule has 1 spiro atoms. The number of para-hydroxylation sites is 2. The Balaban J connectivity index is 0.976. The maximum Gasteiger partial charge on any atom is 0.256 e. The topological polar surface area (TPSA) is 19.1 Å². The van der Waals surface area contributed by atoms with Crippen LogP contribution in [-0.4, -0.2) is 15.8 Å². The average molecular weight is 1200 g/mol. The van der Waals surface area contributed by atoms with E-state index in [-0.39, 0.29) is 28.4 Å². The highest BCUT2D eigenvalue weighted by Crippen LogP contribution is 2.64. The number of hydrogen-bond acceptors (Lipinski definition) is 1. The Morgan fingerprint density at radius 3 is 1.41 bits per heavy atom. The van der Waals surface area contributed by atoms with E-state index >= 15 is 0 Å². The highest BCUT2D eigenvalue weighted by Gasteiger charge is 2.54. The Kier molecular flexibility index (Phi) is 11.5. The van der Waals surface area contributed by atoms with Crippen molar-refractivity contribution in [2.45, 2.75) is 110 Å². The van der Waals surface area contributed by atoms with Crippen LogP contribution in [0, 0.1) is 0 Å². The maximum absolute atomic E-state index is 7.95. The molecule has 18 rings (SSSR count). The zero-order chi connectivity index (χ0) is 63.6. The van der Waals surface area contributed by atoms with E-state index in [0.717, 1.165) is 17.1 Å². The van der Waals surface area contributed by atoms with Crippen molar-refractivity contribution in [3.05, 3.63) is 281 Å². The molecule has 0 saturated carbocycles. The van der Waals surface area contributed by atoms with Crippen LogP contribution < -0.4 is 21.1 Å². The summed E-state index contributed by atoms with van der Waals surface area (Å²) < 4.78 is 13.2. The van der Waals surface area contributed by atoms with E-state index < -0.39 is 5.41 Å². The highest BCUT2D eigenvalue weighted by molar-refractivity contribution is 6.99. The molecule has 93 heavy (non-hydrogen) atoms. The van der Waals surface area contributed by atoms with E-state index in [9.17, 15) is 0 Å². The molecule has 2 aliphatic heterocycles. The Morgan fingerprint density at radius 2 is 0.817 bits per heavy atom. The molecule has 3 nitrogen and oxygen atoms in total. The zero-order valence-corrected chi connectivity index (χ0v) is 55.4. The summed E-state index contributed by atoms with van der Waals surface area (Å²) in [6, 6.07) is 91.4. The van der Waals surface area contributed by atoms with E-state index in [1.165, 1.54) is 166 Å². The lowest BCUT2D eigenvalue weighted by Gasteiger charge is -2.36. The van der Waals surface area contributed by atoms with Crippen molar-refractivity contribution in [3.8, 4) is 78.5 Å². The van der Waals surface area contributed by atoms with E-state index in [1.54, 1.807) is 0 Å². The van der Waals surface area contributed by atoms with Crippen LogP contribution in [0.25, 0.3) is 111 Å². The number of nitrogens with zero attached hydrogens (tertiary/aromatic N) is 2. The molecule has 0 N–H and O–H groups in total. The normalized spacial score (nSPS) is 14.2. The molecule has 14 aromatic rings. The molecule has 0 fully saturated rings. The number of benzene rings is 12. The lowest BCUT2D eigenvalue weighted by atomic mass is 9.34. The third-order valence-corrected chi connectivity index (χ3v) is 21.5. The van der Waals surface area contributed by atoms with Crippen molar-refractivity contribution in [3.63, 3.8) is 0 Å². The predicted molar refractivity (Wildman–Crippen MR) is 394 cm³/mol. The third kappa shape index (κ3) is 7.97. The largest absolute Gasteiger partial charge is 0.458 e. The van der Waals surface area contributed by atoms with Crippen LogP contribution in [0.5, 0.6) is 11.5 Å². The molecule has 12 aromatic carbocycles.